The molecule has 2 N–H and O–H groups in total. The predicted molar refractivity (Wildman–Crippen MR) is 67.5 cm³/mol. The molecule has 17 heavy (non-hydrogen) atoms. The van der Waals surface area contributed by atoms with Crippen molar-refractivity contribution < 1.29 is 9.53 Å². The Hall–Kier alpha value is -0.570. The number of ether oxygens (including phenoxy) is 1. The van der Waals surface area contributed by atoms with Crippen LogP contribution in [0.2, 0.25) is 0 Å². The van der Waals surface area contributed by atoms with Crippen LogP contribution in [0.5, 0.6) is 0 Å². The van der Waals surface area contributed by atoms with Gasteiger partial charge < -0.3 is 10.5 Å². The molecule has 2 bridgehead atoms. The first-order chi connectivity index (χ1) is 7.81. The lowest BCUT2D eigenvalue weighted by molar-refractivity contribution is -0.177. The van der Waals surface area contributed by atoms with Crippen molar-refractivity contribution >= 4 is 5.97 Å². The van der Waals surface area contributed by atoms with Crippen molar-refractivity contribution in [1.29, 1.82) is 0 Å². The average molecular weight is 239 g/mol. The van der Waals surface area contributed by atoms with E-state index in [1.54, 1.807) is 0 Å². The van der Waals surface area contributed by atoms with Crippen molar-refractivity contribution in [3.8, 4) is 0 Å². The SMILES string of the molecule is CC(C)(C)OC(=O)C12CCC(CN)(CC1)CC2. The summed E-state index contributed by atoms with van der Waals surface area (Å²) in [5, 5.41) is 0. The first-order valence-electron chi connectivity index (χ1n) is 6.75. The maximum Gasteiger partial charge on any atom is 0.312 e. The van der Waals surface area contributed by atoms with E-state index in [1.807, 2.05) is 20.8 Å². The van der Waals surface area contributed by atoms with Gasteiger partial charge in [-0.05, 0) is 71.3 Å². The quantitative estimate of drug-likeness (QED) is 0.754. The zero-order valence-corrected chi connectivity index (χ0v) is 11.3. The fourth-order valence-electron chi connectivity index (χ4n) is 3.26. The number of rotatable bonds is 2. The van der Waals surface area contributed by atoms with Gasteiger partial charge in [-0.3, -0.25) is 4.79 Å². The van der Waals surface area contributed by atoms with E-state index in [1.165, 1.54) is 0 Å². The summed E-state index contributed by atoms with van der Waals surface area (Å²) in [6.07, 6.45) is 6.21. The van der Waals surface area contributed by atoms with E-state index in [0.29, 0.717) is 5.41 Å². The zero-order valence-electron chi connectivity index (χ0n) is 11.3. The summed E-state index contributed by atoms with van der Waals surface area (Å²) in [5.74, 6) is 0.0234. The highest BCUT2D eigenvalue weighted by Gasteiger charge is 2.53. The van der Waals surface area contributed by atoms with Crippen molar-refractivity contribution in [3.63, 3.8) is 0 Å². The third kappa shape index (κ3) is 2.35. The second-order valence-corrected chi connectivity index (χ2v) is 6.99. The minimum atomic E-state index is -0.369. The van der Waals surface area contributed by atoms with Gasteiger partial charge in [0.05, 0.1) is 5.41 Å². The third-order valence-corrected chi connectivity index (χ3v) is 4.67. The molecule has 0 aromatic carbocycles. The predicted octanol–water partition coefficient (Wildman–Crippen LogP) is 2.63. The molecule has 0 aromatic rings. The van der Waals surface area contributed by atoms with Crippen molar-refractivity contribution in [3.05, 3.63) is 0 Å². The van der Waals surface area contributed by atoms with Gasteiger partial charge in [0.15, 0.2) is 0 Å². The summed E-state index contributed by atoms with van der Waals surface area (Å²) in [5.41, 5.74) is 5.66. The molecule has 3 aliphatic rings. The topological polar surface area (TPSA) is 52.3 Å². The van der Waals surface area contributed by atoms with Crippen molar-refractivity contribution in [2.45, 2.75) is 64.9 Å². The maximum absolute atomic E-state index is 12.3. The fraction of sp³-hybridized carbons (Fsp3) is 0.929. The first kappa shape index (κ1) is 12.9. The number of hydrogen-bond acceptors (Lipinski definition) is 3. The average Bonchev–Trinajstić information content (AvgIpc) is 2.29. The highest BCUT2D eigenvalue weighted by atomic mass is 16.6. The number of esters is 1. The Balaban J connectivity index is 2.06. The molecule has 3 fully saturated rings. The molecule has 0 aromatic heterocycles. The van der Waals surface area contributed by atoms with E-state index in [4.69, 9.17) is 10.5 Å². The largest absolute Gasteiger partial charge is 0.460 e. The maximum atomic E-state index is 12.3. The first-order valence-corrected chi connectivity index (χ1v) is 6.75. The van der Waals surface area contributed by atoms with Crippen molar-refractivity contribution in [1.82, 2.24) is 0 Å². The molecule has 0 radical (unpaired) electrons. The molecular weight excluding hydrogens is 214 g/mol. The molecule has 0 unspecified atom stereocenters. The van der Waals surface area contributed by atoms with Gasteiger partial charge in [0, 0.05) is 0 Å². The second-order valence-electron chi connectivity index (χ2n) is 6.99. The van der Waals surface area contributed by atoms with Crippen LogP contribution in [0.15, 0.2) is 0 Å². The van der Waals surface area contributed by atoms with E-state index >= 15 is 0 Å². The number of hydrogen-bond donors (Lipinski definition) is 1. The fourth-order valence-corrected chi connectivity index (χ4v) is 3.26. The monoisotopic (exact) mass is 239 g/mol. The number of carbonyl (C=O) groups excluding carboxylic acids is 1. The van der Waals surface area contributed by atoms with Gasteiger partial charge in [0.2, 0.25) is 0 Å². The molecular formula is C14H25NO2. The summed E-state index contributed by atoms with van der Waals surface area (Å²) in [6.45, 7) is 6.60. The van der Waals surface area contributed by atoms with Crippen LogP contribution in [-0.2, 0) is 9.53 Å². The van der Waals surface area contributed by atoms with Crippen LogP contribution in [0.1, 0.15) is 59.3 Å². The van der Waals surface area contributed by atoms with Gasteiger partial charge in [-0.1, -0.05) is 0 Å². The number of nitrogens with two attached hydrogens (primary N) is 1. The Morgan fingerprint density at radius 3 is 1.94 bits per heavy atom. The Kier molecular flexibility index (Phi) is 3.01. The molecule has 3 saturated carbocycles. The van der Waals surface area contributed by atoms with Crippen molar-refractivity contribution in [2.75, 3.05) is 6.54 Å². The van der Waals surface area contributed by atoms with Gasteiger partial charge in [-0.15, -0.1) is 0 Å². The second kappa shape index (κ2) is 3.98. The van der Waals surface area contributed by atoms with E-state index in [-0.39, 0.29) is 17.0 Å². The van der Waals surface area contributed by atoms with E-state index < -0.39 is 0 Å². The van der Waals surface area contributed by atoms with E-state index in [9.17, 15) is 4.79 Å². The molecule has 0 atom stereocenters. The smallest absolute Gasteiger partial charge is 0.312 e. The Morgan fingerprint density at radius 2 is 1.59 bits per heavy atom. The van der Waals surface area contributed by atoms with Gasteiger partial charge in [-0.2, -0.15) is 0 Å². The Bertz CT molecular complexity index is 292. The summed E-state index contributed by atoms with van der Waals surface area (Å²) >= 11 is 0. The highest BCUT2D eigenvalue weighted by Crippen LogP contribution is 2.57. The summed E-state index contributed by atoms with van der Waals surface area (Å²) < 4.78 is 5.59. The molecule has 3 rings (SSSR count). The van der Waals surface area contributed by atoms with Gasteiger partial charge >= 0.3 is 5.97 Å². The Labute approximate surface area is 104 Å². The van der Waals surface area contributed by atoms with E-state index in [0.717, 1.165) is 45.1 Å². The third-order valence-electron chi connectivity index (χ3n) is 4.67. The van der Waals surface area contributed by atoms with Gasteiger partial charge in [-0.25, -0.2) is 0 Å². The van der Waals surface area contributed by atoms with E-state index in [2.05, 4.69) is 0 Å². The lowest BCUT2D eigenvalue weighted by atomic mass is 9.54. The summed E-state index contributed by atoms with van der Waals surface area (Å²) in [6, 6.07) is 0. The van der Waals surface area contributed by atoms with Gasteiger partial charge in [0.1, 0.15) is 5.60 Å². The van der Waals surface area contributed by atoms with Crippen LogP contribution in [0.25, 0.3) is 0 Å². The number of fused-ring (bicyclic) bond motifs is 3. The number of carbonyl (C=O) groups is 1. The summed E-state index contributed by atoms with van der Waals surface area (Å²) in [4.78, 5) is 12.3. The Morgan fingerprint density at radius 1 is 1.12 bits per heavy atom. The molecule has 0 spiro atoms. The zero-order chi connectivity index (χ0) is 12.7. The minimum absolute atomic E-state index is 0.0234. The van der Waals surface area contributed by atoms with Crippen LogP contribution in [0.4, 0.5) is 0 Å². The lowest BCUT2D eigenvalue weighted by Crippen LogP contribution is -2.50. The molecule has 3 nitrogen and oxygen atoms in total. The molecule has 98 valence electrons. The normalized spacial score (nSPS) is 36.9. The van der Waals surface area contributed by atoms with Crippen molar-refractivity contribution in [2.24, 2.45) is 16.6 Å². The molecule has 0 saturated heterocycles. The van der Waals surface area contributed by atoms with Crippen LogP contribution >= 0.6 is 0 Å². The summed E-state index contributed by atoms with van der Waals surface area (Å²) in [7, 11) is 0. The van der Waals surface area contributed by atoms with Crippen LogP contribution in [0.3, 0.4) is 0 Å². The molecule has 3 aliphatic carbocycles. The standard InChI is InChI=1S/C14H25NO2/c1-12(2,3)17-11(16)14-7-4-13(10-15,5-8-14)6-9-14/h4-10,15H2,1-3H3. The molecule has 0 amide bonds. The molecule has 0 heterocycles. The van der Waals surface area contributed by atoms with Crippen LogP contribution in [-0.4, -0.2) is 18.1 Å². The highest BCUT2D eigenvalue weighted by molar-refractivity contribution is 5.77. The van der Waals surface area contributed by atoms with Crippen LogP contribution < -0.4 is 5.73 Å². The van der Waals surface area contributed by atoms with Gasteiger partial charge in [0.25, 0.3) is 0 Å². The molecule has 3 heteroatoms. The molecule has 0 aliphatic heterocycles. The lowest BCUT2D eigenvalue weighted by Gasteiger charge is -2.52. The van der Waals surface area contributed by atoms with Crippen LogP contribution in [0, 0.1) is 10.8 Å². The minimum Gasteiger partial charge on any atom is -0.460 e.